The fourth-order valence-electron chi connectivity index (χ4n) is 7.53. The van der Waals surface area contributed by atoms with Crippen LogP contribution in [0, 0.1) is 11.6 Å². The molecule has 5 heterocycles. The Balaban J connectivity index is 1.38. The smallest absolute Gasteiger partial charge is 0.319 e. The predicted octanol–water partition coefficient (Wildman–Crippen LogP) is 5.91. The van der Waals surface area contributed by atoms with E-state index in [1.807, 2.05) is 0 Å². The molecule has 0 saturated carbocycles. The third-order valence-electron chi connectivity index (χ3n) is 9.63. The number of alkyl halides is 2. The molecule has 2 aromatic carbocycles. The molecule has 3 fully saturated rings. The molecule has 0 spiro atoms. The highest BCUT2D eigenvalue weighted by Gasteiger charge is 2.49. The minimum absolute atomic E-state index is 0.00631. The second-order valence-corrected chi connectivity index (χ2v) is 12.4. The molecule has 238 valence electrons. The number of pyridine rings is 1. The van der Waals surface area contributed by atoms with E-state index in [0.717, 1.165) is 19.4 Å². The van der Waals surface area contributed by atoms with Crippen molar-refractivity contribution in [1.82, 2.24) is 19.9 Å². The van der Waals surface area contributed by atoms with Crippen molar-refractivity contribution in [1.29, 1.82) is 0 Å². The summed E-state index contributed by atoms with van der Waals surface area (Å²) in [7, 11) is 1.51. The van der Waals surface area contributed by atoms with Gasteiger partial charge in [-0.05, 0) is 60.3 Å². The van der Waals surface area contributed by atoms with Crippen LogP contribution in [0.25, 0.3) is 32.9 Å². The molecule has 0 amide bonds. The van der Waals surface area contributed by atoms with Gasteiger partial charge in [-0.15, -0.1) is 0 Å². The summed E-state index contributed by atoms with van der Waals surface area (Å²) in [5, 5.41) is 11.7. The quantitative estimate of drug-likeness (QED) is 0.254. The van der Waals surface area contributed by atoms with E-state index in [2.05, 4.69) is 19.9 Å². The number of phenols is 1. The van der Waals surface area contributed by atoms with E-state index in [-0.39, 0.29) is 59.3 Å². The number of ether oxygens (including phenoxy) is 2. The molecular formula is C33H35F4N5O3. The highest BCUT2D eigenvalue weighted by Crippen LogP contribution is 2.42. The van der Waals surface area contributed by atoms with E-state index >= 15 is 4.39 Å². The van der Waals surface area contributed by atoms with Crippen LogP contribution in [-0.2, 0) is 11.2 Å². The van der Waals surface area contributed by atoms with Gasteiger partial charge in [0.05, 0.1) is 23.6 Å². The standard InChI is InChI=1S/C33H35F4N5O3/c1-3-23-26(36)6-5-18-9-21(43)11-24(27(18)23)29-28(37)30-25(13-38-29)31(41-14-19(34)10-22(16-41)44-2)40-32(39-30)45-17-33-7-4-8-42(33)15-20(35)12-33/h5-6,9,11,13,19-20,22,43H,3-4,7-8,10,12,14-17H2,1-2H3/t19-,20-,22-,33+/m1/s1. The summed E-state index contributed by atoms with van der Waals surface area (Å²) in [6.07, 6.45) is 1.42. The molecule has 0 unspecified atom stereocenters. The molecule has 4 aromatic rings. The van der Waals surface area contributed by atoms with Gasteiger partial charge in [0, 0.05) is 44.8 Å². The van der Waals surface area contributed by atoms with Gasteiger partial charge in [-0.2, -0.15) is 9.97 Å². The molecule has 0 aliphatic carbocycles. The van der Waals surface area contributed by atoms with E-state index in [0.29, 0.717) is 42.3 Å². The lowest BCUT2D eigenvalue weighted by atomic mass is 9.94. The van der Waals surface area contributed by atoms with Crippen molar-refractivity contribution in [3.63, 3.8) is 0 Å². The van der Waals surface area contributed by atoms with Crippen molar-refractivity contribution < 1.29 is 32.1 Å². The van der Waals surface area contributed by atoms with Gasteiger partial charge < -0.3 is 19.5 Å². The molecule has 3 aliphatic heterocycles. The minimum Gasteiger partial charge on any atom is -0.508 e. The number of rotatable bonds is 7. The number of piperidine rings is 1. The molecule has 1 N–H and O–H groups in total. The number of phenolic OH excluding ortho intramolecular Hbond substituents is 1. The van der Waals surface area contributed by atoms with Gasteiger partial charge in [-0.3, -0.25) is 9.88 Å². The van der Waals surface area contributed by atoms with Gasteiger partial charge in [-0.25, -0.2) is 17.6 Å². The lowest BCUT2D eigenvalue weighted by molar-refractivity contribution is 0.0612. The van der Waals surface area contributed by atoms with Crippen molar-refractivity contribution in [3.8, 4) is 23.0 Å². The summed E-state index contributed by atoms with van der Waals surface area (Å²) in [6.45, 7) is 3.36. The molecular weight excluding hydrogens is 590 g/mol. The van der Waals surface area contributed by atoms with E-state index in [9.17, 15) is 18.3 Å². The van der Waals surface area contributed by atoms with Crippen molar-refractivity contribution in [2.45, 2.75) is 63.0 Å². The SMILES string of the molecule is CCc1c(F)ccc2cc(O)cc(-c3ncc4c(N5C[C@H](F)C[C@@H](OC)C5)nc(OC[C@@]56CCCN5C[C@H](F)C6)nc4c3F)c12. The van der Waals surface area contributed by atoms with Crippen molar-refractivity contribution in [2.75, 3.05) is 44.8 Å². The summed E-state index contributed by atoms with van der Waals surface area (Å²) < 4.78 is 72.6. The molecule has 12 heteroatoms. The summed E-state index contributed by atoms with van der Waals surface area (Å²) in [4.78, 5) is 17.3. The Morgan fingerprint density at radius 1 is 1.09 bits per heavy atom. The molecule has 3 saturated heterocycles. The molecule has 4 atom stereocenters. The van der Waals surface area contributed by atoms with Crippen molar-refractivity contribution >= 4 is 27.5 Å². The third-order valence-corrected chi connectivity index (χ3v) is 9.63. The normalized spacial score (nSPS) is 25.4. The number of hydrogen-bond acceptors (Lipinski definition) is 8. The fraction of sp³-hybridized carbons (Fsp3) is 0.485. The number of anilines is 1. The Kier molecular flexibility index (Phi) is 7.67. The van der Waals surface area contributed by atoms with Gasteiger partial charge >= 0.3 is 6.01 Å². The predicted molar refractivity (Wildman–Crippen MR) is 162 cm³/mol. The van der Waals surface area contributed by atoms with E-state index in [4.69, 9.17) is 9.47 Å². The Labute approximate surface area is 258 Å². The number of hydrogen-bond donors (Lipinski definition) is 1. The maximum atomic E-state index is 16.7. The number of methoxy groups -OCH3 is 1. The zero-order valence-electron chi connectivity index (χ0n) is 25.2. The van der Waals surface area contributed by atoms with Crippen LogP contribution in [0.2, 0.25) is 0 Å². The molecule has 2 aromatic heterocycles. The van der Waals surface area contributed by atoms with Crippen LogP contribution in [-0.4, -0.2) is 88.8 Å². The van der Waals surface area contributed by atoms with Crippen LogP contribution in [0.15, 0.2) is 30.5 Å². The number of halogens is 4. The molecule has 7 rings (SSSR count). The molecule has 45 heavy (non-hydrogen) atoms. The Bertz CT molecular complexity index is 1780. The molecule has 8 nitrogen and oxygen atoms in total. The number of aryl methyl sites for hydroxylation is 1. The van der Waals surface area contributed by atoms with Crippen molar-refractivity contribution in [3.05, 3.63) is 47.7 Å². The first kappa shape index (κ1) is 29.9. The average molecular weight is 626 g/mol. The van der Waals surface area contributed by atoms with Crippen LogP contribution < -0.4 is 9.64 Å². The monoisotopic (exact) mass is 625 g/mol. The van der Waals surface area contributed by atoms with Gasteiger partial charge in [0.25, 0.3) is 0 Å². The minimum atomic E-state index is -1.21. The van der Waals surface area contributed by atoms with Gasteiger partial charge in [0.2, 0.25) is 0 Å². The molecule has 0 radical (unpaired) electrons. The van der Waals surface area contributed by atoms with Crippen LogP contribution in [0.3, 0.4) is 0 Å². The number of nitrogens with zero attached hydrogens (tertiary/aromatic N) is 5. The van der Waals surface area contributed by atoms with Crippen LogP contribution >= 0.6 is 0 Å². The van der Waals surface area contributed by atoms with Gasteiger partial charge in [-0.1, -0.05) is 13.0 Å². The summed E-state index contributed by atoms with van der Waals surface area (Å²) in [5.74, 6) is -1.15. The fourth-order valence-corrected chi connectivity index (χ4v) is 7.53. The number of aromatic nitrogens is 3. The Hall–Kier alpha value is -3.77. The molecule has 0 bridgehead atoms. The first-order valence-electron chi connectivity index (χ1n) is 15.4. The topological polar surface area (TPSA) is 83.8 Å². The average Bonchev–Trinajstić information content (AvgIpc) is 3.55. The zero-order chi connectivity index (χ0) is 31.5. The summed E-state index contributed by atoms with van der Waals surface area (Å²) in [5.41, 5.74) is -0.154. The first-order valence-corrected chi connectivity index (χ1v) is 15.4. The number of aromatic hydroxyl groups is 1. The second kappa shape index (κ2) is 11.5. The van der Waals surface area contributed by atoms with Crippen LogP contribution in [0.4, 0.5) is 23.4 Å². The molecule has 3 aliphatic rings. The number of fused-ring (bicyclic) bond motifs is 3. The van der Waals surface area contributed by atoms with E-state index in [1.165, 1.54) is 37.6 Å². The third kappa shape index (κ3) is 5.21. The van der Waals surface area contributed by atoms with Crippen LogP contribution in [0.5, 0.6) is 11.8 Å². The summed E-state index contributed by atoms with van der Waals surface area (Å²) in [6, 6.07) is 5.59. The first-order chi connectivity index (χ1) is 21.7. The zero-order valence-corrected chi connectivity index (χ0v) is 25.2. The largest absolute Gasteiger partial charge is 0.508 e. The lowest BCUT2D eigenvalue weighted by Gasteiger charge is -2.35. The van der Waals surface area contributed by atoms with Crippen LogP contribution in [0.1, 0.15) is 38.2 Å². The maximum absolute atomic E-state index is 16.7. The highest BCUT2D eigenvalue weighted by atomic mass is 19.1. The second-order valence-electron chi connectivity index (χ2n) is 12.4. The van der Waals surface area contributed by atoms with E-state index in [1.54, 1.807) is 11.8 Å². The van der Waals surface area contributed by atoms with Gasteiger partial charge in [0.1, 0.15) is 47.5 Å². The Morgan fingerprint density at radius 3 is 2.73 bits per heavy atom. The Morgan fingerprint density at radius 2 is 1.93 bits per heavy atom. The highest BCUT2D eigenvalue weighted by molar-refractivity contribution is 6.01. The lowest BCUT2D eigenvalue weighted by Crippen LogP contribution is -2.45. The van der Waals surface area contributed by atoms with E-state index < -0.39 is 35.6 Å². The van der Waals surface area contributed by atoms with Crippen molar-refractivity contribution in [2.24, 2.45) is 0 Å². The van der Waals surface area contributed by atoms with Gasteiger partial charge in [0.15, 0.2) is 5.82 Å². The maximum Gasteiger partial charge on any atom is 0.319 e. The number of benzene rings is 2. The summed E-state index contributed by atoms with van der Waals surface area (Å²) >= 11 is 0.